The van der Waals surface area contributed by atoms with Gasteiger partial charge in [0, 0.05) is 19.5 Å². The van der Waals surface area contributed by atoms with Gasteiger partial charge in [0.1, 0.15) is 0 Å². The van der Waals surface area contributed by atoms with Crippen molar-refractivity contribution >= 4 is 11.9 Å². The number of carboxylic acids is 1. The molecule has 1 aliphatic rings. The van der Waals surface area contributed by atoms with Crippen LogP contribution in [0.25, 0.3) is 0 Å². The van der Waals surface area contributed by atoms with Crippen LogP contribution in [-0.4, -0.2) is 35.0 Å². The molecule has 1 saturated heterocycles. The summed E-state index contributed by atoms with van der Waals surface area (Å²) in [6.07, 6.45) is 2.64. The molecule has 1 atom stereocenters. The van der Waals surface area contributed by atoms with E-state index in [2.05, 4.69) is 32.0 Å². The lowest BCUT2D eigenvalue weighted by molar-refractivity contribution is -0.145. The first-order valence-electron chi connectivity index (χ1n) is 7.54. The highest BCUT2D eigenvalue weighted by Gasteiger charge is 2.27. The number of carboxylic acid groups (broad SMARTS) is 1. The molecule has 1 aliphatic heterocycles. The zero-order chi connectivity index (χ0) is 15.4. The van der Waals surface area contributed by atoms with Gasteiger partial charge in [0.15, 0.2) is 0 Å². The highest BCUT2D eigenvalue weighted by atomic mass is 16.4. The van der Waals surface area contributed by atoms with Gasteiger partial charge in [-0.2, -0.15) is 0 Å². The molecule has 2 rings (SSSR count). The minimum atomic E-state index is -0.790. The van der Waals surface area contributed by atoms with E-state index in [0.717, 1.165) is 12.8 Å². The van der Waals surface area contributed by atoms with Crippen LogP contribution in [0.4, 0.5) is 0 Å². The third kappa shape index (κ3) is 4.06. The molecule has 1 aromatic rings. The molecule has 0 spiro atoms. The van der Waals surface area contributed by atoms with Crippen molar-refractivity contribution in [1.29, 1.82) is 0 Å². The van der Waals surface area contributed by atoms with E-state index >= 15 is 0 Å². The maximum absolute atomic E-state index is 12.3. The Morgan fingerprint density at radius 3 is 2.76 bits per heavy atom. The zero-order valence-electron chi connectivity index (χ0n) is 12.8. The van der Waals surface area contributed by atoms with E-state index in [-0.39, 0.29) is 5.91 Å². The van der Waals surface area contributed by atoms with Gasteiger partial charge < -0.3 is 10.0 Å². The maximum atomic E-state index is 12.3. The fourth-order valence-corrected chi connectivity index (χ4v) is 2.93. The average molecular weight is 289 g/mol. The van der Waals surface area contributed by atoms with Gasteiger partial charge in [-0.05, 0) is 44.2 Å². The standard InChI is InChI=1S/C17H23NO3/c1-12-5-6-14(13(2)10-12)7-8-16(19)18-9-3-4-15(11-18)17(20)21/h5-6,10,15H,3-4,7-9,11H2,1-2H3,(H,20,21)/t15-/m0/s1. The van der Waals surface area contributed by atoms with Gasteiger partial charge in [-0.1, -0.05) is 23.8 Å². The molecule has 1 fully saturated rings. The normalized spacial score (nSPS) is 18.6. The number of aryl methyl sites for hydroxylation is 3. The van der Waals surface area contributed by atoms with Crippen LogP contribution in [-0.2, 0) is 16.0 Å². The van der Waals surface area contributed by atoms with E-state index in [1.165, 1.54) is 16.7 Å². The van der Waals surface area contributed by atoms with Crippen molar-refractivity contribution in [3.05, 3.63) is 34.9 Å². The Bertz CT molecular complexity index is 539. The first-order chi connectivity index (χ1) is 9.97. The molecule has 4 heteroatoms. The molecule has 114 valence electrons. The molecule has 0 aromatic heterocycles. The van der Waals surface area contributed by atoms with Crippen molar-refractivity contribution in [3.8, 4) is 0 Å². The smallest absolute Gasteiger partial charge is 0.308 e. The van der Waals surface area contributed by atoms with Crippen LogP contribution < -0.4 is 0 Å². The van der Waals surface area contributed by atoms with Gasteiger partial charge >= 0.3 is 5.97 Å². The lowest BCUT2D eigenvalue weighted by Crippen LogP contribution is -2.42. The zero-order valence-corrected chi connectivity index (χ0v) is 12.8. The number of piperidine rings is 1. The number of carbonyl (C=O) groups excluding carboxylic acids is 1. The van der Waals surface area contributed by atoms with E-state index in [1.807, 2.05) is 0 Å². The minimum absolute atomic E-state index is 0.0703. The largest absolute Gasteiger partial charge is 0.481 e. The van der Waals surface area contributed by atoms with Crippen LogP contribution in [0.1, 0.15) is 36.0 Å². The van der Waals surface area contributed by atoms with Crippen molar-refractivity contribution in [2.24, 2.45) is 5.92 Å². The lowest BCUT2D eigenvalue weighted by atomic mass is 9.97. The summed E-state index contributed by atoms with van der Waals surface area (Å²) in [5.41, 5.74) is 3.63. The molecule has 0 bridgehead atoms. The molecule has 21 heavy (non-hydrogen) atoms. The second kappa shape index (κ2) is 6.74. The van der Waals surface area contributed by atoms with Crippen LogP contribution >= 0.6 is 0 Å². The molecule has 0 unspecified atom stereocenters. The minimum Gasteiger partial charge on any atom is -0.481 e. The monoisotopic (exact) mass is 289 g/mol. The van der Waals surface area contributed by atoms with E-state index in [1.54, 1.807) is 4.90 Å². The summed E-state index contributed by atoms with van der Waals surface area (Å²) in [6.45, 7) is 5.17. The highest BCUT2D eigenvalue weighted by Crippen LogP contribution is 2.19. The summed E-state index contributed by atoms with van der Waals surface area (Å²) in [6, 6.07) is 6.27. The fourth-order valence-electron chi connectivity index (χ4n) is 2.93. The molecule has 1 amide bonds. The van der Waals surface area contributed by atoms with Crippen molar-refractivity contribution in [3.63, 3.8) is 0 Å². The van der Waals surface area contributed by atoms with Gasteiger partial charge in [0.25, 0.3) is 0 Å². The Kier molecular flexibility index (Phi) is 4.99. The Labute approximate surface area is 125 Å². The Balaban J connectivity index is 1.90. The molecular weight excluding hydrogens is 266 g/mol. The van der Waals surface area contributed by atoms with Crippen LogP contribution in [0.2, 0.25) is 0 Å². The summed E-state index contributed by atoms with van der Waals surface area (Å²) in [4.78, 5) is 25.0. The van der Waals surface area contributed by atoms with E-state index in [0.29, 0.717) is 25.9 Å². The van der Waals surface area contributed by atoms with Crippen molar-refractivity contribution in [2.45, 2.75) is 39.5 Å². The number of aliphatic carboxylic acids is 1. The third-order valence-corrected chi connectivity index (χ3v) is 4.23. The van der Waals surface area contributed by atoms with Crippen LogP contribution in [0.15, 0.2) is 18.2 Å². The van der Waals surface area contributed by atoms with Gasteiger partial charge in [-0.15, -0.1) is 0 Å². The summed E-state index contributed by atoms with van der Waals surface area (Å²) < 4.78 is 0. The Hall–Kier alpha value is -1.84. The predicted octanol–water partition coefficient (Wildman–Crippen LogP) is 2.56. The molecule has 1 N–H and O–H groups in total. The first-order valence-corrected chi connectivity index (χ1v) is 7.54. The number of hydrogen-bond acceptors (Lipinski definition) is 2. The second-order valence-corrected chi connectivity index (χ2v) is 5.95. The average Bonchev–Trinajstić information content (AvgIpc) is 2.46. The summed E-state index contributed by atoms with van der Waals surface area (Å²) in [5, 5.41) is 9.07. The quantitative estimate of drug-likeness (QED) is 0.926. The predicted molar refractivity (Wildman–Crippen MR) is 81.2 cm³/mol. The second-order valence-electron chi connectivity index (χ2n) is 5.95. The van der Waals surface area contributed by atoms with Crippen molar-refractivity contribution < 1.29 is 14.7 Å². The third-order valence-electron chi connectivity index (χ3n) is 4.23. The summed E-state index contributed by atoms with van der Waals surface area (Å²) in [5.74, 6) is -1.12. The number of likely N-dealkylation sites (tertiary alicyclic amines) is 1. The van der Waals surface area contributed by atoms with Gasteiger partial charge in [-0.25, -0.2) is 0 Å². The number of amides is 1. The number of hydrogen-bond donors (Lipinski definition) is 1. The number of nitrogens with zero attached hydrogens (tertiary/aromatic N) is 1. The van der Waals surface area contributed by atoms with E-state index in [9.17, 15) is 9.59 Å². The molecule has 4 nitrogen and oxygen atoms in total. The molecule has 1 aromatic carbocycles. The van der Waals surface area contributed by atoms with Crippen molar-refractivity contribution in [1.82, 2.24) is 4.90 Å². The van der Waals surface area contributed by atoms with Crippen molar-refractivity contribution in [2.75, 3.05) is 13.1 Å². The first kappa shape index (κ1) is 15.5. The highest BCUT2D eigenvalue weighted by molar-refractivity contribution is 5.78. The lowest BCUT2D eigenvalue weighted by Gasteiger charge is -2.30. The molecule has 0 saturated carbocycles. The fraction of sp³-hybridized carbons (Fsp3) is 0.529. The topological polar surface area (TPSA) is 57.6 Å². The summed E-state index contributed by atoms with van der Waals surface area (Å²) in [7, 11) is 0. The molecule has 0 aliphatic carbocycles. The van der Waals surface area contributed by atoms with Gasteiger partial charge in [0.05, 0.1) is 5.92 Å². The Morgan fingerprint density at radius 2 is 2.10 bits per heavy atom. The van der Waals surface area contributed by atoms with Crippen LogP contribution in [0.5, 0.6) is 0 Å². The van der Waals surface area contributed by atoms with Crippen LogP contribution in [0, 0.1) is 19.8 Å². The maximum Gasteiger partial charge on any atom is 0.308 e. The molecule has 1 heterocycles. The SMILES string of the molecule is Cc1ccc(CCC(=O)N2CCC[C@H](C(=O)O)C2)c(C)c1. The number of carbonyl (C=O) groups is 2. The van der Waals surface area contributed by atoms with Crippen LogP contribution in [0.3, 0.4) is 0 Å². The van der Waals surface area contributed by atoms with Gasteiger partial charge in [-0.3, -0.25) is 9.59 Å². The molecular formula is C17H23NO3. The number of rotatable bonds is 4. The summed E-state index contributed by atoms with van der Waals surface area (Å²) >= 11 is 0. The Morgan fingerprint density at radius 1 is 1.33 bits per heavy atom. The van der Waals surface area contributed by atoms with E-state index < -0.39 is 11.9 Å². The number of benzene rings is 1. The van der Waals surface area contributed by atoms with Gasteiger partial charge in [0.2, 0.25) is 5.91 Å². The van der Waals surface area contributed by atoms with E-state index in [4.69, 9.17) is 5.11 Å². The molecule has 0 radical (unpaired) electrons.